The van der Waals surface area contributed by atoms with Gasteiger partial charge in [0, 0.05) is 57.0 Å². The number of hydrogen-bond donors (Lipinski definition) is 9. The summed E-state index contributed by atoms with van der Waals surface area (Å²) in [6.07, 6.45) is 0. The fourth-order valence-corrected chi connectivity index (χ4v) is 10.7. The fraction of sp³-hybridized carbons (Fsp3) is 0.113. The molecule has 0 radical (unpaired) electrons. The van der Waals surface area contributed by atoms with Gasteiger partial charge < -0.3 is 41.2 Å². The maximum absolute atomic E-state index is 13.5. The number of amides is 4. The SMILES string of the molecule is Cc1cc(C)c(Nc2ccc3c(-c4ccccc4S(=O)(=O)O)c4cc/c(=N\c5c(C)c(NC(=O)Nc6cc(C(=O)O)cc(C(=O)O)c6)c(C)c(S(=O)(=O)O)c5C)cc-4oc3c2)c(C)c1NC(=O)Nc1ccccc1. The highest BCUT2D eigenvalue weighted by Gasteiger charge is 2.28. The predicted octanol–water partition coefficient (Wildman–Crippen LogP) is 11.2. The summed E-state index contributed by atoms with van der Waals surface area (Å²) < 4.78 is 79.2. The van der Waals surface area contributed by atoms with Crippen LogP contribution in [-0.2, 0) is 20.2 Å². The van der Waals surface area contributed by atoms with Crippen LogP contribution in [0.25, 0.3) is 33.4 Å². The van der Waals surface area contributed by atoms with E-state index >= 15 is 0 Å². The summed E-state index contributed by atoms with van der Waals surface area (Å²) in [5, 5.41) is 33.9. The predicted molar refractivity (Wildman–Crippen MR) is 280 cm³/mol. The molecule has 19 nitrogen and oxygen atoms in total. The summed E-state index contributed by atoms with van der Waals surface area (Å²) in [5.41, 5.74) is 4.93. The zero-order valence-corrected chi connectivity index (χ0v) is 41.8. The highest BCUT2D eigenvalue weighted by Crippen LogP contribution is 2.44. The Morgan fingerprint density at radius 2 is 1.14 bits per heavy atom. The third-order valence-corrected chi connectivity index (χ3v) is 14.3. The van der Waals surface area contributed by atoms with Crippen molar-refractivity contribution in [2.45, 2.75) is 51.3 Å². The molecule has 0 atom stereocenters. The van der Waals surface area contributed by atoms with Gasteiger partial charge in [-0.3, -0.25) is 9.11 Å². The van der Waals surface area contributed by atoms with Gasteiger partial charge in [-0.25, -0.2) is 24.2 Å². The minimum absolute atomic E-state index is 0.000349. The molecule has 74 heavy (non-hydrogen) atoms. The number of carboxylic acid groups (broad SMARTS) is 2. The Labute approximate surface area is 423 Å². The van der Waals surface area contributed by atoms with E-state index in [4.69, 9.17) is 9.41 Å². The molecule has 1 heterocycles. The van der Waals surface area contributed by atoms with E-state index in [0.29, 0.717) is 39.3 Å². The number of aryl methyl sites for hydroxylation is 2. The molecule has 0 aromatic heterocycles. The summed E-state index contributed by atoms with van der Waals surface area (Å²) in [5.74, 6) is -2.75. The number of carboxylic acids is 2. The van der Waals surface area contributed by atoms with Gasteiger partial charge in [0.15, 0.2) is 0 Å². The molecule has 21 heteroatoms. The van der Waals surface area contributed by atoms with Crippen LogP contribution in [0, 0.1) is 41.5 Å². The molecule has 4 amide bonds. The summed E-state index contributed by atoms with van der Waals surface area (Å²) in [7, 11) is -9.76. The van der Waals surface area contributed by atoms with E-state index in [0.717, 1.165) is 34.9 Å². The van der Waals surface area contributed by atoms with Gasteiger partial charge in [-0.1, -0.05) is 42.5 Å². The van der Waals surface area contributed by atoms with Crippen LogP contribution in [0.2, 0.25) is 0 Å². The van der Waals surface area contributed by atoms with Crippen LogP contribution in [0.4, 0.5) is 49.4 Å². The molecule has 0 fully saturated rings. The minimum atomic E-state index is -4.99. The highest BCUT2D eigenvalue weighted by atomic mass is 32.2. The molecule has 0 spiro atoms. The van der Waals surface area contributed by atoms with E-state index in [1.807, 2.05) is 32.9 Å². The van der Waals surface area contributed by atoms with Crippen molar-refractivity contribution in [1.82, 2.24) is 0 Å². The number of nitrogens with zero attached hydrogens (tertiary/aromatic N) is 1. The highest BCUT2D eigenvalue weighted by molar-refractivity contribution is 7.86. The topological polar surface area (TPSA) is 303 Å². The number of carbonyl (C=O) groups is 4. The van der Waals surface area contributed by atoms with Crippen molar-refractivity contribution < 1.29 is 59.7 Å². The summed E-state index contributed by atoms with van der Waals surface area (Å²) in [4.78, 5) is 53.9. The lowest BCUT2D eigenvalue weighted by Gasteiger charge is -2.21. The zero-order valence-electron chi connectivity index (χ0n) is 40.2. The van der Waals surface area contributed by atoms with Crippen LogP contribution in [0.5, 0.6) is 0 Å². The van der Waals surface area contributed by atoms with Gasteiger partial charge in [-0.05, 0) is 136 Å². The molecule has 0 saturated carbocycles. The van der Waals surface area contributed by atoms with Crippen molar-refractivity contribution >= 4 is 95.0 Å². The maximum Gasteiger partial charge on any atom is 0.335 e. The summed E-state index contributed by atoms with van der Waals surface area (Å²) >= 11 is 0. The number of benzene rings is 7. The van der Waals surface area contributed by atoms with Gasteiger partial charge in [0.25, 0.3) is 20.2 Å². The molecule has 9 N–H and O–H groups in total. The molecule has 2 aliphatic rings. The third-order valence-electron chi connectivity index (χ3n) is 12.2. The van der Waals surface area contributed by atoms with E-state index in [1.54, 1.807) is 60.7 Å². The van der Waals surface area contributed by atoms with Crippen LogP contribution in [-0.4, -0.2) is 60.2 Å². The lowest BCUT2D eigenvalue weighted by molar-refractivity contribution is 0.0696. The number of carbonyl (C=O) groups excluding carboxylic acids is 2. The Bertz CT molecular complexity index is 3920. The molecule has 6 aromatic rings. The molecule has 1 aliphatic carbocycles. The van der Waals surface area contributed by atoms with Crippen molar-refractivity contribution in [3.05, 3.63) is 165 Å². The van der Waals surface area contributed by atoms with E-state index in [-0.39, 0.29) is 60.9 Å². The fourth-order valence-electron chi connectivity index (χ4n) is 9.00. The third kappa shape index (κ3) is 10.5. The normalized spacial score (nSPS) is 11.9. The molecule has 6 aromatic carbocycles. The van der Waals surface area contributed by atoms with Gasteiger partial charge >= 0.3 is 24.0 Å². The first-order chi connectivity index (χ1) is 34.9. The zero-order chi connectivity index (χ0) is 53.6. The number of rotatable bonds is 12. The van der Waals surface area contributed by atoms with Crippen molar-refractivity contribution in [3.8, 4) is 22.5 Å². The van der Waals surface area contributed by atoms with Gasteiger partial charge in [-0.15, -0.1) is 0 Å². The molecular formula is C53H46N6O13S2. The van der Waals surface area contributed by atoms with Gasteiger partial charge in [-0.2, -0.15) is 16.8 Å². The Morgan fingerprint density at radius 1 is 0.527 bits per heavy atom. The molecular weight excluding hydrogens is 993 g/mol. The van der Waals surface area contributed by atoms with Crippen molar-refractivity contribution in [2.24, 2.45) is 4.99 Å². The average Bonchev–Trinajstić information content (AvgIpc) is 3.33. The van der Waals surface area contributed by atoms with Gasteiger partial charge in [0.2, 0.25) is 0 Å². The molecule has 0 unspecified atom stereocenters. The summed E-state index contributed by atoms with van der Waals surface area (Å²) in [6, 6.07) is 28.2. The number of anilines is 6. The van der Waals surface area contributed by atoms with E-state index in [2.05, 4.69) is 26.6 Å². The van der Waals surface area contributed by atoms with Gasteiger partial charge in [0.05, 0.1) is 33.5 Å². The van der Waals surface area contributed by atoms with Crippen molar-refractivity contribution in [1.29, 1.82) is 0 Å². The Hall–Kier alpha value is -8.89. The molecule has 0 saturated heterocycles. The van der Waals surface area contributed by atoms with E-state index in [1.165, 1.54) is 45.0 Å². The van der Waals surface area contributed by atoms with Crippen LogP contribution < -0.4 is 31.9 Å². The monoisotopic (exact) mass is 1040 g/mol. The largest absolute Gasteiger partial charge is 0.478 e. The maximum atomic E-state index is 13.5. The Balaban J connectivity index is 1.26. The van der Waals surface area contributed by atoms with Crippen LogP contribution in [0.15, 0.2) is 134 Å². The first kappa shape index (κ1) is 51.5. The molecule has 378 valence electrons. The van der Waals surface area contributed by atoms with Crippen molar-refractivity contribution in [2.75, 3.05) is 26.6 Å². The second-order valence-electron chi connectivity index (χ2n) is 17.3. The number of nitrogens with one attached hydrogen (secondary N) is 5. The second kappa shape index (κ2) is 20.0. The smallest absolute Gasteiger partial charge is 0.335 e. The summed E-state index contributed by atoms with van der Waals surface area (Å²) in [6.45, 7) is 9.94. The van der Waals surface area contributed by atoms with Crippen LogP contribution in [0.3, 0.4) is 0 Å². The van der Waals surface area contributed by atoms with E-state index < -0.39 is 60.3 Å². The number of hydrogen-bond acceptors (Lipinski definition) is 11. The van der Waals surface area contributed by atoms with Gasteiger partial charge in [0.1, 0.15) is 21.1 Å². The number of para-hydroxylation sites is 1. The number of fused-ring (bicyclic) bond motifs is 2. The quantitative estimate of drug-likeness (QED) is 0.0406. The van der Waals surface area contributed by atoms with Crippen LogP contribution in [0.1, 0.15) is 54.1 Å². The Morgan fingerprint density at radius 3 is 1.77 bits per heavy atom. The lowest BCUT2D eigenvalue weighted by atomic mass is 9.93. The lowest BCUT2D eigenvalue weighted by Crippen LogP contribution is -2.22. The van der Waals surface area contributed by atoms with Crippen LogP contribution >= 0.6 is 0 Å². The molecule has 1 aliphatic heterocycles. The minimum Gasteiger partial charge on any atom is -0.478 e. The van der Waals surface area contributed by atoms with E-state index in [9.17, 15) is 55.3 Å². The standard InChI is InChI=1S/C53H46N6O13S2/c1-26-20-27(2)46(58-52(64)56-34-12-8-7-9-13-34)28(3)45(26)54-35-16-18-38-41(24-35)72-42-25-36(17-19-39(42)44(38)40-14-10-11-15-43(40)73(66,67)68)55-47-29(4)48(31(6)49(30(47)5)74(69,70)71)59-53(65)57-37-22-32(50(60)61)21-33(23-37)51(62)63/h7-25,54H,1-6H3,(H,60,61)(H,62,63)(H2,56,58,64)(H2,57,59,65)(H,66,67,68)(H,69,70,71)/b55-36+. The Kier molecular flexibility index (Phi) is 13.9. The van der Waals surface area contributed by atoms with Crippen molar-refractivity contribution in [3.63, 3.8) is 0 Å². The second-order valence-corrected chi connectivity index (χ2v) is 20.0. The molecule has 8 rings (SSSR count). The number of urea groups is 2. The first-order valence-electron chi connectivity index (χ1n) is 22.3. The molecule has 0 bridgehead atoms. The number of aromatic carboxylic acids is 2. The average molecular weight is 1040 g/mol. The first-order valence-corrected chi connectivity index (χ1v) is 25.2.